The van der Waals surface area contributed by atoms with Crippen molar-refractivity contribution in [1.82, 2.24) is 4.98 Å². The Morgan fingerprint density at radius 2 is 2.20 bits per heavy atom. The van der Waals surface area contributed by atoms with Gasteiger partial charge >= 0.3 is 0 Å². The normalized spacial score (nSPS) is 10.5. The van der Waals surface area contributed by atoms with Crippen molar-refractivity contribution < 1.29 is 9.53 Å². The number of fused-ring (bicyclic) bond motifs is 1. The van der Waals surface area contributed by atoms with E-state index in [1.165, 1.54) is 0 Å². The van der Waals surface area contributed by atoms with E-state index in [4.69, 9.17) is 4.74 Å². The number of ketones is 1. The van der Waals surface area contributed by atoms with Gasteiger partial charge in [0.2, 0.25) is 0 Å². The van der Waals surface area contributed by atoms with Crippen molar-refractivity contribution in [3.63, 3.8) is 0 Å². The Morgan fingerprint density at radius 1 is 1.40 bits per heavy atom. The highest BCUT2D eigenvalue weighted by Crippen LogP contribution is 2.21. The van der Waals surface area contributed by atoms with Crippen molar-refractivity contribution in [2.75, 3.05) is 7.11 Å². The maximum atomic E-state index is 11.0. The largest absolute Gasteiger partial charge is 0.497 e. The van der Waals surface area contributed by atoms with Crippen LogP contribution in [0.2, 0.25) is 0 Å². The quantitative estimate of drug-likeness (QED) is 0.831. The number of benzene rings is 1. The van der Waals surface area contributed by atoms with Gasteiger partial charge in [0.15, 0.2) is 0 Å². The third kappa shape index (κ3) is 2.01. The molecule has 0 atom stereocenters. The molecular formula is C12H13NO2. The van der Waals surface area contributed by atoms with Crippen LogP contribution in [0.15, 0.2) is 24.3 Å². The molecule has 2 rings (SSSR count). The topological polar surface area (TPSA) is 42.1 Å². The van der Waals surface area contributed by atoms with Crippen LogP contribution in [-0.2, 0) is 11.2 Å². The number of H-pyrrole nitrogens is 1. The van der Waals surface area contributed by atoms with Crippen LogP contribution in [-0.4, -0.2) is 17.9 Å². The van der Waals surface area contributed by atoms with Crippen LogP contribution in [0, 0.1) is 0 Å². The summed E-state index contributed by atoms with van der Waals surface area (Å²) in [7, 11) is 1.64. The van der Waals surface area contributed by atoms with E-state index in [1.807, 2.05) is 24.3 Å². The summed E-state index contributed by atoms with van der Waals surface area (Å²) in [5, 5.41) is 1.07. The maximum Gasteiger partial charge on any atom is 0.135 e. The summed E-state index contributed by atoms with van der Waals surface area (Å²) in [5.74, 6) is 0.990. The molecule has 0 radical (unpaired) electrons. The van der Waals surface area contributed by atoms with Crippen LogP contribution in [0.3, 0.4) is 0 Å². The van der Waals surface area contributed by atoms with E-state index < -0.39 is 0 Å². The van der Waals surface area contributed by atoms with Gasteiger partial charge in [0.25, 0.3) is 0 Å². The molecule has 15 heavy (non-hydrogen) atoms. The number of carbonyl (C=O) groups excluding carboxylic acids is 1. The summed E-state index contributed by atoms with van der Waals surface area (Å²) in [6, 6.07) is 7.79. The summed E-state index contributed by atoms with van der Waals surface area (Å²) in [6.07, 6.45) is 0.455. The lowest BCUT2D eigenvalue weighted by atomic mass is 10.2. The number of carbonyl (C=O) groups is 1. The van der Waals surface area contributed by atoms with E-state index in [0.717, 1.165) is 22.3 Å². The average molecular weight is 203 g/mol. The second-order valence-corrected chi connectivity index (χ2v) is 3.63. The van der Waals surface area contributed by atoms with Gasteiger partial charge in [-0.2, -0.15) is 0 Å². The fourth-order valence-corrected chi connectivity index (χ4v) is 1.66. The van der Waals surface area contributed by atoms with E-state index in [2.05, 4.69) is 4.98 Å². The van der Waals surface area contributed by atoms with Gasteiger partial charge in [0.05, 0.1) is 7.11 Å². The molecule has 2 aromatic rings. The molecule has 1 N–H and O–H groups in total. The van der Waals surface area contributed by atoms with Crippen LogP contribution in [0.25, 0.3) is 10.9 Å². The van der Waals surface area contributed by atoms with Gasteiger partial charge in [-0.25, -0.2) is 0 Å². The molecule has 0 fully saturated rings. The molecule has 3 nitrogen and oxygen atoms in total. The van der Waals surface area contributed by atoms with Gasteiger partial charge in [0, 0.05) is 23.0 Å². The molecule has 0 saturated heterocycles. The molecule has 0 aliphatic rings. The van der Waals surface area contributed by atoms with Gasteiger partial charge in [-0.05, 0) is 31.2 Å². The molecule has 0 amide bonds. The molecule has 1 heterocycles. The second kappa shape index (κ2) is 3.77. The molecule has 0 bridgehead atoms. The lowest BCUT2D eigenvalue weighted by Crippen LogP contribution is -1.95. The minimum absolute atomic E-state index is 0.161. The number of nitrogens with one attached hydrogen (secondary N) is 1. The maximum absolute atomic E-state index is 11.0. The molecule has 0 aliphatic carbocycles. The predicted molar refractivity (Wildman–Crippen MR) is 59.2 cm³/mol. The summed E-state index contributed by atoms with van der Waals surface area (Å²) in [4.78, 5) is 14.2. The number of hydrogen-bond acceptors (Lipinski definition) is 2. The van der Waals surface area contributed by atoms with Crippen LogP contribution in [0.1, 0.15) is 12.6 Å². The van der Waals surface area contributed by atoms with E-state index in [-0.39, 0.29) is 5.78 Å². The minimum Gasteiger partial charge on any atom is -0.497 e. The first-order valence-electron chi connectivity index (χ1n) is 4.84. The van der Waals surface area contributed by atoms with Crippen molar-refractivity contribution in [2.24, 2.45) is 0 Å². The molecule has 3 heteroatoms. The minimum atomic E-state index is 0.161. The number of aromatic nitrogens is 1. The number of ether oxygens (including phenoxy) is 1. The first-order chi connectivity index (χ1) is 7.19. The second-order valence-electron chi connectivity index (χ2n) is 3.63. The molecule has 1 aromatic carbocycles. The van der Waals surface area contributed by atoms with E-state index >= 15 is 0 Å². The monoisotopic (exact) mass is 203 g/mol. The van der Waals surface area contributed by atoms with E-state index in [1.54, 1.807) is 14.0 Å². The molecule has 0 saturated carbocycles. The van der Waals surface area contributed by atoms with Crippen LogP contribution >= 0.6 is 0 Å². The van der Waals surface area contributed by atoms with Crippen LogP contribution in [0.5, 0.6) is 5.75 Å². The zero-order valence-corrected chi connectivity index (χ0v) is 8.83. The summed E-state index contributed by atoms with van der Waals surface area (Å²) >= 11 is 0. The number of Topliss-reactive ketones (excluding diaryl/α,β-unsaturated/α-hetero) is 1. The SMILES string of the molecule is COc1ccc2[nH]c(CC(C)=O)cc2c1. The number of rotatable bonds is 3. The highest BCUT2D eigenvalue weighted by Gasteiger charge is 2.03. The van der Waals surface area contributed by atoms with Crippen LogP contribution in [0.4, 0.5) is 0 Å². The van der Waals surface area contributed by atoms with Crippen molar-refractivity contribution >= 4 is 16.7 Å². The average Bonchev–Trinajstić information content (AvgIpc) is 2.57. The summed E-state index contributed by atoms with van der Waals surface area (Å²) in [5.41, 5.74) is 1.98. The Labute approximate surface area is 88.1 Å². The number of aromatic amines is 1. The van der Waals surface area contributed by atoms with Crippen LogP contribution < -0.4 is 4.74 Å². The Balaban J connectivity index is 2.42. The lowest BCUT2D eigenvalue weighted by Gasteiger charge is -1.97. The van der Waals surface area contributed by atoms with Crippen molar-refractivity contribution in [3.05, 3.63) is 30.0 Å². The molecular weight excluding hydrogens is 190 g/mol. The van der Waals surface area contributed by atoms with Crippen molar-refractivity contribution in [3.8, 4) is 5.75 Å². The Morgan fingerprint density at radius 3 is 2.87 bits per heavy atom. The zero-order chi connectivity index (χ0) is 10.8. The standard InChI is InChI=1S/C12H13NO2/c1-8(14)5-10-6-9-7-11(15-2)3-4-12(9)13-10/h3-4,6-7,13H,5H2,1-2H3. The lowest BCUT2D eigenvalue weighted by molar-refractivity contribution is -0.116. The van der Waals surface area contributed by atoms with Crippen molar-refractivity contribution in [2.45, 2.75) is 13.3 Å². The molecule has 0 spiro atoms. The Hall–Kier alpha value is -1.77. The van der Waals surface area contributed by atoms with Gasteiger partial charge in [-0.1, -0.05) is 0 Å². The van der Waals surface area contributed by atoms with E-state index in [0.29, 0.717) is 6.42 Å². The third-order valence-corrected chi connectivity index (χ3v) is 2.32. The number of methoxy groups -OCH3 is 1. The van der Waals surface area contributed by atoms with Gasteiger partial charge in [-0.3, -0.25) is 4.79 Å². The van der Waals surface area contributed by atoms with Crippen molar-refractivity contribution in [1.29, 1.82) is 0 Å². The molecule has 1 aromatic heterocycles. The first kappa shape index (κ1) is 9.77. The molecule has 78 valence electrons. The Kier molecular flexibility index (Phi) is 2.46. The van der Waals surface area contributed by atoms with Gasteiger partial charge < -0.3 is 9.72 Å². The van der Waals surface area contributed by atoms with Gasteiger partial charge in [-0.15, -0.1) is 0 Å². The highest BCUT2D eigenvalue weighted by atomic mass is 16.5. The van der Waals surface area contributed by atoms with Gasteiger partial charge in [0.1, 0.15) is 11.5 Å². The molecule has 0 aliphatic heterocycles. The predicted octanol–water partition coefficient (Wildman–Crippen LogP) is 2.31. The summed E-state index contributed by atoms with van der Waals surface area (Å²) in [6.45, 7) is 1.59. The number of hydrogen-bond donors (Lipinski definition) is 1. The Bertz CT molecular complexity index is 499. The highest BCUT2D eigenvalue weighted by molar-refractivity contribution is 5.84. The molecule has 0 unspecified atom stereocenters. The summed E-state index contributed by atoms with van der Waals surface area (Å²) < 4.78 is 5.13. The fourth-order valence-electron chi connectivity index (χ4n) is 1.66. The zero-order valence-electron chi connectivity index (χ0n) is 8.83. The third-order valence-electron chi connectivity index (χ3n) is 2.32. The first-order valence-corrected chi connectivity index (χ1v) is 4.84. The smallest absolute Gasteiger partial charge is 0.135 e. The fraction of sp³-hybridized carbons (Fsp3) is 0.250. The van der Waals surface area contributed by atoms with E-state index in [9.17, 15) is 4.79 Å².